The fourth-order valence-electron chi connectivity index (χ4n) is 0.812. The lowest BCUT2D eigenvalue weighted by Crippen LogP contribution is -2.30. The number of anilines is 2. The van der Waals surface area contributed by atoms with Crippen molar-refractivity contribution in [2.24, 2.45) is 0 Å². The zero-order valence-electron chi connectivity index (χ0n) is 8.50. The smallest absolute Gasteiger partial charge is 0.229 e. The van der Waals surface area contributed by atoms with Gasteiger partial charge in [0, 0.05) is 5.54 Å². The van der Waals surface area contributed by atoms with Gasteiger partial charge in [-0.25, -0.2) is 0 Å². The summed E-state index contributed by atoms with van der Waals surface area (Å²) in [5.41, 5.74) is 5.35. The Bertz CT molecular complexity index is 305. The lowest BCUT2D eigenvalue weighted by Gasteiger charge is -2.24. The molecule has 0 aliphatic heterocycles. The molecule has 0 aliphatic rings. The molecule has 1 heterocycles. The van der Waals surface area contributed by atoms with Gasteiger partial charge < -0.3 is 11.1 Å². The largest absolute Gasteiger partial charge is 0.368 e. The third kappa shape index (κ3) is 2.99. The van der Waals surface area contributed by atoms with Crippen molar-refractivity contribution in [2.75, 3.05) is 11.1 Å². The van der Waals surface area contributed by atoms with Crippen molar-refractivity contribution in [3.05, 3.63) is 5.28 Å². The molecule has 1 rings (SSSR count). The molecule has 1 aromatic rings. The molecule has 0 unspecified atom stereocenters. The highest BCUT2D eigenvalue weighted by molar-refractivity contribution is 6.28. The van der Waals surface area contributed by atoms with Crippen LogP contribution in [0.15, 0.2) is 0 Å². The Morgan fingerprint density at radius 3 is 2.50 bits per heavy atom. The molecular formula is C8H14ClN5. The first-order chi connectivity index (χ1) is 6.43. The number of halogens is 1. The normalized spacial score (nSPS) is 11.4. The van der Waals surface area contributed by atoms with Gasteiger partial charge in [0.15, 0.2) is 0 Å². The summed E-state index contributed by atoms with van der Waals surface area (Å²) >= 11 is 5.64. The SMILES string of the molecule is CCC(C)(C)Nc1nc(N)nc(Cl)n1. The standard InChI is InChI=1S/C8H14ClN5/c1-4-8(2,3)14-7-12-5(9)11-6(10)13-7/h4H2,1-3H3,(H3,10,11,12,13,14). The highest BCUT2D eigenvalue weighted by Gasteiger charge is 2.16. The van der Waals surface area contributed by atoms with Crippen LogP contribution in [-0.4, -0.2) is 20.5 Å². The summed E-state index contributed by atoms with van der Waals surface area (Å²) in [6, 6.07) is 0. The van der Waals surface area contributed by atoms with Gasteiger partial charge in [-0.15, -0.1) is 0 Å². The summed E-state index contributed by atoms with van der Waals surface area (Å²) in [6.07, 6.45) is 0.941. The molecule has 3 N–H and O–H groups in total. The van der Waals surface area contributed by atoms with Gasteiger partial charge in [-0.1, -0.05) is 6.92 Å². The van der Waals surface area contributed by atoms with Crippen LogP contribution >= 0.6 is 11.6 Å². The second-order valence-electron chi connectivity index (χ2n) is 3.65. The van der Waals surface area contributed by atoms with E-state index in [1.54, 1.807) is 0 Å². The molecule has 0 spiro atoms. The van der Waals surface area contributed by atoms with E-state index in [2.05, 4.69) is 27.2 Å². The summed E-state index contributed by atoms with van der Waals surface area (Å²) in [6.45, 7) is 6.15. The number of nitrogens with one attached hydrogen (secondary N) is 1. The van der Waals surface area contributed by atoms with Gasteiger partial charge in [0.1, 0.15) is 0 Å². The maximum absolute atomic E-state index is 5.64. The zero-order valence-corrected chi connectivity index (χ0v) is 9.26. The van der Waals surface area contributed by atoms with E-state index in [1.807, 2.05) is 13.8 Å². The number of nitrogens with zero attached hydrogens (tertiary/aromatic N) is 3. The minimum Gasteiger partial charge on any atom is -0.368 e. The van der Waals surface area contributed by atoms with Crippen LogP contribution < -0.4 is 11.1 Å². The molecule has 0 amide bonds. The van der Waals surface area contributed by atoms with Crippen molar-refractivity contribution in [3.8, 4) is 0 Å². The minimum absolute atomic E-state index is 0.0862. The Labute approximate surface area is 88.1 Å². The fraction of sp³-hybridized carbons (Fsp3) is 0.625. The van der Waals surface area contributed by atoms with Gasteiger partial charge >= 0.3 is 0 Å². The third-order valence-electron chi connectivity index (χ3n) is 1.96. The first-order valence-electron chi connectivity index (χ1n) is 4.38. The highest BCUT2D eigenvalue weighted by Crippen LogP contribution is 2.15. The number of nitrogen functional groups attached to an aromatic ring is 1. The lowest BCUT2D eigenvalue weighted by molar-refractivity contribution is 0.542. The molecule has 14 heavy (non-hydrogen) atoms. The van der Waals surface area contributed by atoms with Crippen LogP contribution in [0, 0.1) is 0 Å². The van der Waals surface area contributed by atoms with Crippen LogP contribution in [0.2, 0.25) is 5.28 Å². The van der Waals surface area contributed by atoms with Gasteiger partial charge in [0.2, 0.25) is 17.2 Å². The van der Waals surface area contributed by atoms with Crippen molar-refractivity contribution < 1.29 is 0 Å². The first-order valence-corrected chi connectivity index (χ1v) is 4.76. The molecule has 0 saturated heterocycles. The quantitative estimate of drug-likeness (QED) is 0.803. The molecule has 0 bridgehead atoms. The van der Waals surface area contributed by atoms with E-state index in [0.29, 0.717) is 5.95 Å². The predicted octanol–water partition coefficient (Wildman–Crippen LogP) is 1.71. The number of nitrogens with two attached hydrogens (primary N) is 1. The van der Waals surface area contributed by atoms with E-state index < -0.39 is 0 Å². The number of hydrogen-bond acceptors (Lipinski definition) is 5. The summed E-state index contributed by atoms with van der Waals surface area (Å²) in [4.78, 5) is 11.5. The van der Waals surface area contributed by atoms with Crippen molar-refractivity contribution in [1.29, 1.82) is 0 Å². The Morgan fingerprint density at radius 1 is 1.36 bits per heavy atom. The number of hydrogen-bond donors (Lipinski definition) is 2. The summed E-state index contributed by atoms with van der Waals surface area (Å²) < 4.78 is 0. The van der Waals surface area contributed by atoms with Crippen LogP contribution in [-0.2, 0) is 0 Å². The molecule has 5 nitrogen and oxygen atoms in total. The molecule has 0 fully saturated rings. The van der Waals surface area contributed by atoms with Gasteiger partial charge in [-0.2, -0.15) is 15.0 Å². The van der Waals surface area contributed by atoms with Crippen molar-refractivity contribution in [1.82, 2.24) is 15.0 Å². The second kappa shape index (κ2) is 3.96. The van der Waals surface area contributed by atoms with Crippen molar-refractivity contribution in [2.45, 2.75) is 32.7 Å². The molecular weight excluding hydrogens is 202 g/mol. The summed E-state index contributed by atoms with van der Waals surface area (Å²) in [5.74, 6) is 0.536. The first kappa shape index (κ1) is 11.0. The molecule has 1 aromatic heterocycles. The molecule has 0 aromatic carbocycles. The molecule has 78 valence electrons. The maximum atomic E-state index is 5.64. The molecule has 0 saturated carbocycles. The van der Waals surface area contributed by atoms with Crippen LogP contribution in [0.1, 0.15) is 27.2 Å². The average molecular weight is 216 g/mol. The monoisotopic (exact) mass is 215 g/mol. The van der Waals surface area contributed by atoms with Crippen molar-refractivity contribution in [3.63, 3.8) is 0 Å². The Hall–Kier alpha value is -1.10. The average Bonchev–Trinajstić information content (AvgIpc) is 2.01. The number of rotatable bonds is 3. The zero-order chi connectivity index (χ0) is 10.8. The van der Waals surface area contributed by atoms with E-state index in [-0.39, 0.29) is 16.8 Å². The van der Waals surface area contributed by atoms with E-state index >= 15 is 0 Å². The second-order valence-corrected chi connectivity index (χ2v) is 3.99. The molecule has 0 atom stereocenters. The van der Waals surface area contributed by atoms with Crippen LogP contribution in [0.4, 0.5) is 11.9 Å². The van der Waals surface area contributed by atoms with Crippen LogP contribution in [0.3, 0.4) is 0 Å². The van der Waals surface area contributed by atoms with Crippen molar-refractivity contribution >= 4 is 23.5 Å². The van der Waals surface area contributed by atoms with Gasteiger partial charge in [-0.05, 0) is 31.9 Å². The topological polar surface area (TPSA) is 76.7 Å². The highest BCUT2D eigenvalue weighted by atomic mass is 35.5. The summed E-state index contributed by atoms with van der Waals surface area (Å²) in [7, 11) is 0. The third-order valence-corrected chi connectivity index (χ3v) is 2.13. The summed E-state index contributed by atoms with van der Waals surface area (Å²) in [5, 5.41) is 3.23. The maximum Gasteiger partial charge on any atom is 0.229 e. The van der Waals surface area contributed by atoms with Gasteiger partial charge in [0.05, 0.1) is 0 Å². The Morgan fingerprint density at radius 2 is 2.00 bits per heavy atom. The number of aromatic nitrogens is 3. The Balaban J connectivity index is 2.87. The molecule has 0 aliphatic carbocycles. The van der Waals surface area contributed by atoms with E-state index in [9.17, 15) is 0 Å². The molecule has 6 heteroatoms. The predicted molar refractivity (Wildman–Crippen MR) is 57.2 cm³/mol. The Kier molecular flexibility index (Phi) is 3.10. The van der Waals surface area contributed by atoms with E-state index in [1.165, 1.54) is 0 Å². The minimum atomic E-state index is -0.0862. The van der Waals surface area contributed by atoms with Crippen LogP contribution in [0.5, 0.6) is 0 Å². The van der Waals surface area contributed by atoms with Gasteiger partial charge in [0.25, 0.3) is 0 Å². The van der Waals surface area contributed by atoms with E-state index in [0.717, 1.165) is 6.42 Å². The van der Waals surface area contributed by atoms with E-state index in [4.69, 9.17) is 17.3 Å². The fourth-order valence-corrected chi connectivity index (χ4v) is 0.979. The van der Waals surface area contributed by atoms with Crippen LogP contribution in [0.25, 0.3) is 0 Å². The molecule has 0 radical (unpaired) electrons. The van der Waals surface area contributed by atoms with Gasteiger partial charge in [-0.3, -0.25) is 0 Å². The lowest BCUT2D eigenvalue weighted by atomic mass is 10.0.